The van der Waals surface area contributed by atoms with Crippen molar-refractivity contribution < 1.29 is 9.21 Å². The van der Waals surface area contributed by atoms with Gasteiger partial charge in [-0.05, 0) is 42.7 Å². The highest BCUT2D eigenvalue weighted by Crippen LogP contribution is 2.27. The maximum atomic E-state index is 12.5. The van der Waals surface area contributed by atoms with Crippen molar-refractivity contribution in [3.8, 4) is 0 Å². The van der Waals surface area contributed by atoms with Crippen molar-refractivity contribution >= 4 is 29.1 Å². The van der Waals surface area contributed by atoms with Gasteiger partial charge < -0.3 is 4.42 Å². The van der Waals surface area contributed by atoms with Gasteiger partial charge in [0.25, 0.3) is 5.22 Å². The van der Waals surface area contributed by atoms with Gasteiger partial charge in [0, 0.05) is 17.0 Å². The maximum Gasteiger partial charge on any atom is 0.277 e. The van der Waals surface area contributed by atoms with Gasteiger partial charge in [0.2, 0.25) is 5.89 Å². The number of Topliss-reactive ketones (excluding diaryl/α,β-unsaturated/α-hetero) is 1. The minimum Gasteiger partial charge on any atom is -0.416 e. The number of ketones is 1. The Morgan fingerprint density at radius 1 is 1.08 bits per heavy atom. The lowest BCUT2D eigenvalue weighted by molar-refractivity contribution is 0.0993. The number of carbonyl (C=O) groups is 1. The Bertz CT molecular complexity index is 865. The standard InChI is InChI=1S/C20H19ClN2O2S/c1-13(15-6-4-3-5-7-15)12-18-22-23-20(25-18)26-14(2)19(24)16-8-10-17(21)11-9-16/h3-11,13-14H,12H2,1-2H3. The Hall–Kier alpha value is -2.11. The van der Waals surface area contributed by atoms with Crippen LogP contribution >= 0.6 is 23.4 Å². The monoisotopic (exact) mass is 386 g/mol. The van der Waals surface area contributed by atoms with E-state index in [-0.39, 0.29) is 17.0 Å². The average Bonchev–Trinajstić information content (AvgIpc) is 3.09. The summed E-state index contributed by atoms with van der Waals surface area (Å²) >= 11 is 7.14. The molecule has 0 N–H and O–H groups in total. The van der Waals surface area contributed by atoms with Crippen LogP contribution < -0.4 is 0 Å². The van der Waals surface area contributed by atoms with Crippen LogP contribution in [0.25, 0.3) is 0 Å². The van der Waals surface area contributed by atoms with E-state index in [2.05, 4.69) is 29.3 Å². The van der Waals surface area contributed by atoms with Crippen molar-refractivity contribution in [1.82, 2.24) is 10.2 Å². The largest absolute Gasteiger partial charge is 0.416 e. The molecular formula is C20H19ClN2O2S. The van der Waals surface area contributed by atoms with Crippen molar-refractivity contribution in [2.75, 3.05) is 0 Å². The number of nitrogens with zero attached hydrogens (tertiary/aromatic N) is 2. The molecule has 0 spiro atoms. The van der Waals surface area contributed by atoms with Crippen molar-refractivity contribution in [3.05, 3.63) is 76.6 Å². The summed E-state index contributed by atoms with van der Waals surface area (Å²) in [6, 6.07) is 17.1. The highest BCUT2D eigenvalue weighted by Gasteiger charge is 2.20. The molecule has 0 amide bonds. The first-order valence-electron chi connectivity index (χ1n) is 8.36. The molecule has 0 aliphatic heterocycles. The minimum atomic E-state index is -0.323. The molecule has 0 aliphatic carbocycles. The molecule has 0 radical (unpaired) electrons. The van der Waals surface area contributed by atoms with Crippen molar-refractivity contribution in [3.63, 3.8) is 0 Å². The highest BCUT2D eigenvalue weighted by molar-refractivity contribution is 8.00. The Labute approximate surface area is 162 Å². The Kier molecular flexibility index (Phi) is 6.12. The molecule has 0 saturated heterocycles. The van der Waals surface area contributed by atoms with Gasteiger partial charge in [-0.25, -0.2) is 0 Å². The van der Waals surface area contributed by atoms with Crippen LogP contribution in [0, 0.1) is 0 Å². The van der Waals surface area contributed by atoms with E-state index in [1.54, 1.807) is 24.3 Å². The SMILES string of the molecule is CC(Sc1nnc(CC(C)c2ccccc2)o1)C(=O)c1ccc(Cl)cc1. The molecule has 0 bridgehead atoms. The molecular weight excluding hydrogens is 368 g/mol. The zero-order chi connectivity index (χ0) is 18.5. The summed E-state index contributed by atoms with van der Waals surface area (Å²) in [4.78, 5) is 12.5. The van der Waals surface area contributed by atoms with Crippen molar-refractivity contribution in [1.29, 1.82) is 0 Å². The second-order valence-electron chi connectivity index (χ2n) is 6.11. The normalized spacial score (nSPS) is 13.3. The summed E-state index contributed by atoms with van der Waals surface area (Å²) < 4.78 is 5.72. The lowest BCUT2D eigenvalue weighted by Crippen LogP contribution is -2.13. The average molecular weight is 387 g/mol. The molecule has 1 aromatic heterocycles. The predicted octanol–water partition coefficient (Wildman–Crippen LogP) is 5.43. The van der Waals surface area contributed by atoms with Gasteiger partial charge in [-0.3, -0.25) is 4.79 Å². The van der Waals surface area contributed by atoms with E-state index < -0.39 is 0 Å². The quantitative estimate of drug-likeness (QED) is 0.400. The summed E-state index contributed by atoms with van der Waals surface area (Å²) in [6.45, 7) is 3.96. The van der Waals surface area contributed by atoms with Gasteiger partial charge in [0.15, 0.2) is 5.78 Å². The second-order valence-corrected chi connectivity index (χ2v) is 7.84. The van der Waals surface area contributed by atoms with Crippen LogP contribution in [0.2, 0.25) is 5.02 Å². The first kappa shape index (κ1) is 18.7. The number of halogens is 1. The van der Waals surface area contributed by atoms with E-state index in [9.17, 15) is 4.79 Å². The molecule has 0 saturated carbocycles. The third kappa shape index (κ3) is 4.74. The van der Waals surface area contributed by atoms with Crippen LogP contribution in [-0.4, -0.2) is 21.2 Å². The number of carbonyl (C=O) groups excluding carboxylic acids is 1. The lowest BCUT2D eigenvalue weighted by Gasteiger charge is -2.09. The fraction of sp³-hybridized carbons (Fsp3) is 0.250. The highest BCUT2D eigenvalue weighted by atomic mass is 35.5. The predicted molar refractivity (Wildman–Crippen MR) is 104 cm³/mol. The molecule has 3 rings (SSSR count). The molecule has 1 heterocycles. The number of rotatable bonds is 7. The van der Waals surface area contributed by atoms with Gasteiger partial charge in [-0.15, -0.1) is 10.2 Å². The molecule has 4 nitrogen and oxygen atoms in total. The zero-order valence-electron chi connectivity index (χ0n) is 14.6. The molecule has 0 aliphatic rings. The van der Waals surface area contributed by atoms with E-state index in [4.69, 9.17) is 16.0 Å². The Morgan fingerprint density at radius 3 is 2.46 bits per heavy atom. The molecule has 2 atom stereocenters. The fourth-order valence-electron chi connectivity index (χ4n) is 2.58. The fourth-order valence-corrected chi connectivity index (χ4v) is 3.49. The van der Waals surface area contributed by atoms with Crippen LogP contribution in [-0.2, 0) is 6.42 Å². The van der Waals surface area contributed by atoms with Gasteiger partial charge in [-0.1, -0.05) is 60.6 Å². The minimum absolute atomic E-state index is 0.00377. The molecule has 134 valence electrons. The van der Waals surface area contributed by atoms with E-state index in [1.165, 1.54) is 17.3 Å². The van der Waals surface area contributed by atoms with Crippen LogP contribution in [0.4, 0.5) is 0 Å². The third-order valence-corrected chi connectivity index (χ3v) is 5.26. The zero-order valence-corrected chi connectivity index (χ0v) is 16.1. The van der Waals surface area contributed by atoms with E-state index >= 15 is 0 Å². The number of benzene rings is 2. The molecule has 2 unspecified atom stereocenters. The van der Waals surface area contributed by atoms with E-state index in [1.807, 2.05) is 25.1 Å². The summed E-state index contributed by atoms with van der Waals surface area (Å²) in [6.07, 6.45) is 0.664. The van der Waals surface area contributed by atoms with E-state index in [0.717, 1.165) is 0 Å². The van der Waals surface area contributed by atoms with Crippen LogP contribution in [0.5, 0.6) is 0 Å². The second kappa shape index (κ2) is 8.52. The molecule has 6 heteroatoms. The van der Waals surface area contributed by atoms with Crippen LogP contribution in [0.1, 0.15) is 41.6 Å². The molecule has 3 aromatic rings. The van der Waals surface area contributed by atoms with Crippen molar-refractivity contribution in [2.24, 2.45) is 0 Å². The Balaban J connectivity index is 1.61. The smallest absolute Gasteiger partial charge is 0.277 e. The van der Waals surface area contributed by atoms with E-state index in [0.29, 0.717) is 28.1 Å². The number of hydrogen-bond donors (Lipinski definition) is 0. The van der Waals surface area contributed by atoms with Gasteiger partial charge in [0.1, 0.15) is 0 Å². The molecule has 2 aromatic carbocycles. The number of aromatic nitrogens is 2. The maximum absolute atomic E-state index is 12.5. The van der Waals surface area contributed by atoms with Gasteiger partial charge in [-0.2, -0.15) is 0 Å². The number of thioether (sulfide) groups is 1. The Morgan fingerprint density at radius 2 is 1.77 bits per heavy atom. The topological polar surface area (TPSA) is 56.0 Å². The van der Waals surface area contributed by atoms with Crippen LogP contribution in [0.15, 0.2) is 64.2 Å². The van der Waals surface area contributed by atoms with Gasteiger partial charge in [0.05, 0.1) is 5.25 Å². The summed E-state index contributed by atoms with van der Waals surface area (Å²) in [5.74, 6) is 0.863. The van der Waals surface area contributed by atoms with Gasteiger partial charge >= 0.3 is 0 Å². The number of hydrogen-bond acceptors (Lipinski definition) is 5. The first-order chi connectivity index (χ1) is 12.5. The first-order valence-corrected chi connectivity index (χ1v) is 9.62. The third-order valence-electron chi connectivity index (χ3n) is 4.07. The molecule has 0 fully saturated rings. The summed E-state index contributed by atoms with van der Waals surface area (Å²) in [5.41, 5.74) is 1.85. The molecule has 26 heavy (non-hydrogen) atoms. The summed E-state index contributed by atoms with van der Waals surface area (Å²) in [5, 5.41) is 8.87. The van der Waals surface area contributed by atoms with Crippen LogP contribution in [0.3, 0.4) is 0 Å². The van der Waals surface area contributed by atoms with Crippen molar-refractivity contribution in [2.45, 2.75) is 36.7 Å². The summed E-state index contributed by atoms with van der Waals surface area (Å²) in [7, 11) is 0. The lowest BCUT2D eigenvalue weighted by atomic mass is 9.98.